The predicted octanol–water partition coefficient (Wildman–Crippen LogP) is 4.55. The van der Waals surface area contributed by atoms with Crippen molar-refractivity contribution in [1.82, 2.24) is 0 Å². The first kappa shape index (κ1) is 10.8. The Morgan fingerprint density at radius 1 is 1.24 bits per heavy atom. The maximum atomic E-state index is 11.3. The molecule has 0 N–H and O–H groups in total. The van der Waals surface area contributed by atoms with E-state index in [0.29, 0.717) is 0 Å². The molecule has 0 spiro atoms. The Morgan fingerprint density at radius 3 is 2.71 bits per heavy atom. The van der Waals surface area contributed by atoms with E-state index in [0.717, 1.165) is 28.9 Å². The summed E-state index contributed by atoms with van der Waals surface area (Å²) < 4.78 is 3.66. The highest BCUT2D eigenvalue weighted by Crippen LogP contribution is 2.38. The van der Waals surface area contributed by atoms with Crippen LogP contribution in [0.1, 0.15) is 17.0 Å². The van der Waals surface area contributed by atoms with E-state index < -0.39 is 0 Å². The second kappa shape index (κ2) is 4.51. The van der Waals surface area contributed by atoms with Crippen LogP contribution in [0.2, 0.25) is 0 Å². The second-order valence-corrected chi connectivity index (χ2v) is 6.32. The smallest absolute Gasteiger partial charge is 0.289 e. The van der Waals surface area contributed by atoms with Crippen LogP contribution in [0.5, 0.6) is 0 Å². The van der Waals surface area contributed by atoms with Gasteiger partial charge in [-0.05, 0) is 30.5 Å². The van der Waals surface area contributed by atoms with E-state index in [9.17, 15) is 4.79 Å². The highest BCUT2D eigenvalue weighted by molar-refractivity contribution is 7.40. The van der Waals surface area contributed by atoms with Crippen LogP contribution >= 0.6 is 22.7 Å². The fourth-order valence-electron chi connectivity index (χ4n) is 1.98. The molecule has 3 rings (SSSR count). The first-order valence-electron chi connectivity index (χ1n) is 5.53. The van der Waals surface area contributed by atoms with Crippen molar-refractivity contribution >= 4 is 43.9 Å². The van der Waals surface area contributed by atoms with Gasteiger partial charge in [-0.3, -0.25) is 4.79 Å². The van der Waals surface area contributed by atoms with Gasteiger partial charge >= 0.3 is 0 Å². The number of rotatable bonds is 2. The van der Waals surface area contributed by atoms with E-state index in [-0.39, 0.29) is 0 Å². The summed E-state index contributed by atoms with van der Waals surface area (Å²) in [7, 11) is 0. The van der Waals surface area contributed by atoms with Gasteiger partial charge in [-0.1, -0.05) is 24.3 Å². The maximum Gasteiger partial charge on any atom is 0.289 e. The van der Waals surface area contributed by atoms with Gasteiger partial charge in [-0.15, -0.1) is 0 Å². The third-order valence-electron chi connectivity index (χ3n) is 2.87. The van der Waals surface area contributed by atoms with Crippen LogP contribution in [0.3, 0.4) is 0 Å². The van der Waals surface area contributed by atoms with Gasteiger partial charge < -0.3 is 0 Å². The molecule has 0 saturated heterocycles. The average Bonchev–Trinajstić information content (AvgIpc) is 2.98. The zero-order valence-electron chi connectivity index (χ0n) is 9.18. The lowest BCUT2D eigenvalue weighted by molar-refractivity contribution is -0.103. The lowest BCUT2D eigenvalue weighted by atomic mass is 10.1. The topological polar surface area (TPSA) is 17.1 Å². The third kappa shape index (κ3) is 1.96. The first-order chi connectivity index (χ1) is 8.38. The molecule has 1 heterocycles. The molecule has 0 bridgehead atoms. The summed E-state index contributed by atoms with van der Waals surface area (Å²) >= 11 is 3.44. The Hall–Kier alpha value is -1.32. The second-order valence-electron chi connectivity index (χ2n) is 3.95. The van der Waals surface area contributed by atoms with Gasteiger partial charge in [0.25, 0.3) is 4.19 Å². The largest absolute Gasteiger partial charge is 0.298 e. The summed E-state index contributed by atoms with van der Waals surface area (Å²) in [5.74, 6) is 0. The van der Waals surface area contributed by atoms with Crippen LogP contribution in [0.4, 0.5) is 0 Å². The first-order valence-corrected chi connectivity index (χ1v) is 7.16. The fraction of sp³-hybridized carbons (Fsp3) is 0.143. The van der Waals surface area contributed by atoms with Crippen LogP contribution in [0.25, 0.3) is 15.0 Å². The highest BCUT2D eigenvalue weighted by Gasteiger charge is 2.22. The van der Waals surface area contributed by atoms with E-state index in [1.165, 1.54) is 15.0 Å². The molecule has 1 aliphatic carbocycles. The van der Waals surface area contributed by atoms with Gasteiger partial charge in [0.15, 0.2) is 15.7 Å². The molecular formula is C14H11OS2+. The molecule has 0 atom stereocenters. The van der Waals surface area contributed by atoms with Gasteiger partial charge in [0.1, 0.15) is 0 Å². The van der Waals surface area contributed by atoms with E-state index in [2.05, 4.69) is 24.3 Å². The summed E-state index contributed by atoms with van der Waals surface area (Å²) in [5, 5.41) is 0. The molecule has 1 nitrogen and oxygen atoms in total. The Labute approximate surface area is 108 Å². The molecule has 0 unspecified atom stereocenters. The lowest BCUT2D eigenvalue weighted by Crippen LogP contribution is -1.86. The van der Waals surface area contributed by atoms with Gasteiger partial charge in [-0.2, -0.15) is 0 Å². The molecule has 84 valence electrons. The number of fused-ring (bicyclic) bond motifs is 1. The quantitative estimate of drug-likeness (QED) is 0.335. The number of carbonyl (C=O) groups is 1. The van der Waals surface area contributed by atoms with Gasteiger partial charge in [-0.25, -0.2) is 0 Å². The molecule has 0 saturated carbocycles. The van der Waals surface area contributed by atoms with Gasteiger partial charge in [0.2, 0.25) is 0 Å². The average molecular weight is 259 g/mol. The van der Waals surface area contributed by atoms with Crippen LogP contribution in [-0.2, 0) is 4.79 Å². The Morgan fingerprint density at radius 2 is 2.00 bits per heavy atom. The number of hydrogen-bond acceptors (Lipinski definition) is 2. The zero-order valence-corrected chi connectivity index (χ0v) is 10.8. The molecule has 0 radical (unpaired) electrons. The summed E-state index contributed by atoms with van der Waals surface area (Å²) in [5.41, 5.74) is 2.16. The molecule has 1 aromatic carbocycles. The molecule has 0 aliphatic heterocycles. The minimum atomic E-state index is 0.904. The zero-order chi connectivity index (χ0) is 11.7. The van der Waals surface area contributed by atoms with Crippen molar-refractivity contribution in [1.29, 1.82) is 0 Å². The van der Waals surface area contributed by atoms with Crippen LogP contribution in [0, 0.1) is 0 Å². The monoisotopic (exact) mass is 259 g/mol. The van der Waals surface area contributed by atoms with Crippen molar-refractivity contribution < 1.29 is 4.79 Å². The van der Waals surface area contributed by atoms with Crippen LogP contribution < -0.4 is 0 Å². The summed E-state index contributed by atoms with van der Waals surface area (Å²) in [6.07, 6.45) is 7.14. The molecule has 0 fully saturated rings. The minimum Gasteiger partial charge on any atom is -0.298 e. The molecule has 3 heteroatoms. The fourth-order valence-corrected chi connectivity index (χ4v) is 4.57. The van der Waals surface area contributed by atoms with Gasteiger partial charge in [0, 0.05) is 0 Å². The highest BCUT2D eigenvalue weighted by atomic mass is 32.2. The Bertz CT molecular complexity index is 591. The molecule has 1 aliphatic rings. The summed E-state index contributed by atoms with van der Waals surface area (Å²) in [6, 6.07) is 8.31. The van der Waals surface area contributed by atoms with E-state index >= 15 is 0 Å². The van der Waals surface area contributed by atoms with Crippen molar-refractivity contribution in [3.63, 3.8) is 0 Å². The van der Waals surface area contributed by atoms with Crippen molar-refractivity contribution in [3.05, 3.63) is 46.2 Å². The maximum absolute atomic E-state index is 11.3. The third-order valence-corrected chi connectivity index (χ3v) is 5.46. The number of carbonyl (C=O) groups excluding carboxylic acids is 1. The van der Waals surface area contributed by atoms with Crippen molar-refractivity contribution in [2.45, 2.75) is 12.8 Å². The number of benzene rings is 1. The normalized spacial score (nSPS) is 14.5. The molecule has 0 amide bonds. The summed E-state index contributed by atoms with van der Waals surface area (Å²) in [6.45, 7) is 0. The number of aldehydes is 1. The van der Waals surface area contributed by atoms with Crippen LogP contribution in [0.15, 0.2) is 42.0 Å². The number of allylic oxidation sites excluding steroid dienone is 4. The minimum absolute atomic E-state index is 0.904. The molecule has 17 heavy (non-hydrogen) atoms. The number of hydrogen-bond donors (Lipinski definition) is 0. The SMILES string of the molecule is O=CC(=C1CC=CC1)c1sc2ccccc2[s+]1. The molecule has 2 aromatic rings. The van der Waals surface area contributed by atoms with Crippen molar-refractivity contribution in [2.24, 2.45) is 0 Å². The van der Waals surface area contributed by atoms with Crippen LogP contribution in [-0.4, -0.2) is 6.29 Å². The van der Waals surface area contributed by atoms with E-state index in [4.69, 9.17) is 0 Å². The standard InChI is InChI=1S/C14H11OS2/c15-9-11(10-5-1-2-6-10)14-16-12-7-3-4-8-13(12)17-14/h1-4,7-9H,5-6H2/q+1. The molecular weight excluding hydrogens is 248 g/mol. The van der Waals surface area contributed by atoms with Gasteiger partial charge in [0.05, 0.1) is 28.2 Å². The van der Waals surface area contributed by atoms with Crippen molar-refractivity contribution in [3.8, 4) is 0 Å². The lowest BCUT2D eigenvalue weighted by Gasteiger charge is -1.95. The predicted molar refractivity (Wildman–Crippen MR) is 75.5 cm³/mol. The Balaban J connectivity index is 2.13. The summed E-state index contributed by atoms with van der Waals surface area (Å²) in [4.78, 5) is 11.3. The Kier molecular flexibility index (Phi) is 2.87. The van der Waals surface area contributed by atoms with E-state index in [1.54, 1.807) is 22.7 Å². The van der Waals surface area contributed by atoms with Crippen molar-refractivity contribution in [2.75, 3.05) is 0 Å². The molecule has 1 aromatic heterocycles. The van der Waals surface area contributed by atoms with E-state index in [1.807, 2.05) is 12.1 Å².